The molecular weight excluding hydrogens is 230 g/mol. The van der Waals surface area contributed by atoms with Gasteiger partial charge in [-0.1, -0.05) is 6.07 Å². The molecule has 0 unspecified atom stereocenters. The minimum absolute atomic E-state index is 0.141. The van der Waals surface area contributed by atoms with Gasteiger partial charge in [-0.05, 0) is 25.1 Å². The van der Waals surface area contributed by atoms with E-state index >= 15 is 0 Å². The van der Waals surface area contributed by atoms with Crippen LogP contribution < -0.4 is 10.2 Å². The number of aryl methyl sites for hydroxylation is 1. The number of carbonyl (C=O) groups excluding carboxylic acids is 1. The molecule has 0 atom stereocenters. The monoisotopic (exact) mass is 245 g/mol. The molecule has 0 aliphatic carbocycles. The summed E-state index contributed by atoms with van der Waals surface area (Å²) < 4.78 is 0. The number of amides is 1. The third-order valence-corrected chi connectivity index (χ3v) is 2.42. The van der Waals surface area contributed by atoms with Gasteiger partial charge in [-0.3, -0.25) is 9.89 Å². The molecule has 1 amide bonds. The van der Waals surface area contributed by atoms with Gasteiger partial charge in [0.25, 0.3) is 5.91 Å². The average Bonchev–Trinajstić information content (AvgIpc) is 2.76. The maximum Gasteiger partial charge on any atom is 0.295 e. The van der Waals surface area contributed by atoms with Crippen LogP contribution in [0.1, 0.15) is 16.4 Å². The first kappa shape index (κ1) is 12.1. The first-order chi connectivity index (χ1) is 8.56. The Morgan fingerprint density at radius 3 is 2.78 bits per heavy atom. The minimum atomic E-state index is -0.324. The van der Waals surface area contributed by atoms with Gasteiger partial charge in [0.15, 0.2) is 0 Å². The molecule has 2 N–H and O–H groups in total. The highest BCUT2D eigenvalue weighted by molar-refractivity contribution is 6.01. The predicted octanol–water partition coefficient (Wildman–Crippen LogP) is 1.43. The zero-order chi connectivity index (χ0) is 13.1. The van der Waals surface area contributed by atoms with Crippen LogP contribution in [-0.4, -0.2) is 35.2 Å². The van der Waals surface area contributed by atoms with Crippen LogP contribution in [-0.2, 0) is 0 Å². The van der Waals surface area contributed by atoms with Crippen molar-refractivity contribution in [2.45, 2.75) is 6.92 Å². The van der Waals surface area contributed by atoms with Crippen molar-refractivity contribution in [1.82, 2.24) is 15.2 Å². The number of hydrogen-bond donors (Lipinski definition) is 2. The standard InChI is InChI=1S/C12H15N5O/c1-8-13-11(16-15-8)12(18)14-9-5-4-6-10(7-9)17(2)3/h4-7H,1-3H3,(H,14,18)(H,13,15,16). The Bertz CT molecular complexity index is 561. The van der Waals surface area contributed by atoms with Crippen molar-refractivity contribution in [2.24, 2.45) is 0 Å². The SMILES string of the molecule is Cc1nc(C(=O)Nc2cccc(N(C)C)c2)n[nH]1. The van der Waals surface area contributed by atoms with Gasteiger partial charge in [0, 0.05) is 25.5 Å². The molecule has 18 heavy (non-hydrogen) atoms. The number of hydrogen-bond acceptors (Lipinski definition) is 4. The molecule has 0 bridgehead atoms. The summed E-state index contributed by atoms with van der Waals surface area (Å²) in [5, 5.41) is 9.20. The van der Waals surface area contributed by atoms with E-state index in [0.717, 1.165) is 5.69 Å². The van der Waals surface area contributed by atoms with E-state index in [1.54, 1.807) is 6.92 Å². The van der Waals surface area contributed by atoms with Crippen molar-refractivity contribution in [3.05, 3.63) is 35.9 Å². The fourth-order valence-electron chi connectivity index (χ4n) is 1.49. The highest BCUT2D eigenvalue weighted by Gasteiger charge is 2.11. The second kappa shape index (κ2) is 4.87. The van der Waals surface area contributed by atoms with Crippen LogP contribution in [0.3, 0.4) is 0 Å². The summed E-state index contributed by atoms with van der Waals surface area (Å²) in [4.78, 5) is 17.8. The van der Waals surface area contributed by atoms with Crippen molar-refractivity contribution in [2.75, 3.05) is 24.3 Å². The lowest BCUT2D eigenvalue weighted by molar-refractivity contribution is 0.101. The van der Waals surface area contributed by atoms with E-state index in [9.17, 15) is 4.79 Å². The number of H-pyrrole nitrogens is 1. The fraction of sp³-hybridized carbons (Fsp3) is 0.250. The molecule has 0 radical (unpaired) electrons. The number of aromatic nitrogens is 3. The maximum atomic E-state index is 11.8. The van der Waals surface area contributed by atoms with Crippen LogP contribution in [0.25, 0.3) is 0 Å². The molecule has 1 aromatic carbocycles. The number of rotatable bonds is 3. The number of benzene rings is 1. The van der Waals surface area contributed by atoms with E-state index in [-0.39, 0.29) is 11.7 Å². The Balaban J connectivity index is 2.14. The van der Waals surface area contributed by atoms with Crippen molar-refractivity contribution in [3.8, 4) is 0 Å². The molecule has 6 heteroatoms. The first-order valence-corrected chi connectivity index (χ1v) is 5.54. The molecular formula is C12H15N5O. The molecule has 1 aromatic heterocycles. The summed E-state index contributed by atoms with van der Waals surface area (Å²) in [6.45, 7) is 1.75. The summed E-state index contributed by atoms with van der Waals surface area (Å²) >= 11 is 0. The van der Waals surface area contributed by atoms with Crippen molar-refractivity contribution in [3.63, 3.8) is 0 Å². The molecule has 0 aliphatic rings. The van der Waals surface area contributed by atoms with Gasteiger partial charge in [0.05, 0.1) is 0 Å². The normalized spacial score (nSPS) is 10.2. The molecule has 0 aliphatic heterocycles. The summed E-state index contributed by atoms with van der Waals surface area (Å²) in [5.41, 5.74) is 1.73. The lowest BCUT2D eigenvalue weighted by atomic mass is 10.2. The summed E-state index contributed by atoms with van der Waals surface area (Å²) in [5.74, 6) is 0.431. The van der Waals surface area contributed by atoms with Gasteiger partial charge in [0.2, 0.25) is 5.82 Å². The molecule has 94 valence electrons. The molecule has 0 saturated heterocycles. The Labute approximate surface area is 105 Å². The second-order valence-corrected chi connectivity index (χ2v) is 4.14. The topological polar surface area (TPSA) is 73.9 Å². The van der Waals surface area contributed by atoms with Gasteiger partial charge in [-0.25, -0.2) is 4.98 Å². The minimum Gasteiger partial charge on any atom is -0.378 e. The van der Waals surface area contributed by atoms with Gasteiger partial charge in [0.1, 0.15) is 5.82 Å². The number of aromatic amines is 1. The molecule has 0 spiro atoms. The van der Waals surface area contributed by atoms with Crippen LogP contribution in [0.5, 0.6) is 0 Å². The summed E-state index contributed by atoms with van der Waals surface area (Å²) in [7, 11) is 3.89. The molecule has 1 heterocycles. The highest BCUT2D eigenvalue weighted by Crippen LogP contribution is 2.17. The van der Waals surface area contributed by atoms with E-state index in [0.29, 0.717) is 11.5 Å². The Morgan fingerprint density at radius 1 is 1.39 bits per heavy atom. The molecule has 6 nitrogen and oxygen atoms in total. The number of nitrogens with one attached hydrogen (secondary N) is 2. The number of anilines is 2. The average molecular weight is 245 g/mol. The molecule has 2 rings (SSSR count). The Kier molecular flexibility index (Phi) is 3.27. The zero-order valence-corrected chi connectivity index (χ0v) is 10.6. The second-order valence-electron chi connectivity index (χ2n) is 4.14. The van der Waals surface area contributed by atoms with Crippen molar-refractivity contribution in [1.29, 1.82) is 0 Å². The van der Waals surface area contributed by atoms with Crippen LogP contribution in [0.15, 0.2) is 24.3 Å². The van der Waals surface area contributed by atoms with E-state index in [4.69, 9.17) is 0 Å². The summed E-state index contributed by atoms with van der Waals surface area (Å²) in [6, 6.07) is 7.56. The summed E-state index contributed by atoms with van der Waals surface area (Å²) in [6.07, 6.45) is 0. The van der Waals surface area contributed by atoms with Crippen LogP contribution in [0.2, 0.25) is 0 Å². The highest BCUT2D eigenvalue weighted by atomic mass is 16.2. The third kappa shape index (κ3) is 2.65. The number of carbonyl (C=O) groups is 1. The van der Waals surface area contributed by atoms with Crippen LogP contribution in [0, 0.1) is 6.92 Å². The fourth-order valence-corrected chi connectivity index (χ4v) is 1.49. The van der Waals surface area contributed by atoms with Crippen LogP contribution >= 0.6 is 0 Å². The molecule has 0 saturated carbocycles. The third-order valence-electron chi connectivity index (χ3n) is 2.42. The largest absolute Gasteiger partial charge is 0.378 e. The first-order valence-electron chi connectivity index (χ1n) is 5.54. The van der Waals surface area contributed by atoms with Crippen molar-refractivity contribution < 1.29 is 4.79 Å². The van der Waals surface area contributed by atoms with Gasteiger partial charge < -0.3 is 10.2 Å². The quantitative estimate of drug-likeness (QED) is 0.858. The van der Waals surface area contributed by atoms with E-state index in [1.165, 1.54) is 0 Å². The van der Waals surface area contributed by atoms with E-state index in [1.807, 2.05) is 43.3 Å². The van der Waals surface area contributed by atoms with E-state index < -0.39 is 0 Å². The Morgan fingerprint density at radius 2 is 2.17 bits per heavy atom. The zero-order valence-electron chi connectivity index (χ0n) is 10.6. The lowest BCUT2D eigenvalue weighted by Crippen LogP contribution is -2.14. The lowest BCUT2D eigenvalue weighted by Gasteiger charge is -2.13. The predicted molar refractivity (Wildman–Crippen MR) is 69.8 cm³/mol. The molecule has 0 fully saturated rings. The van der Waals surface area contributed by atoms with Gasteiger partial charge in [-0.15, -0.1) is 5.10 Å². The van der Waals surface area contributed by atoms with Gasteiger partial charge in [-0.2, -0.15) is 0 Å². The Hall–Kier alpha value is -2.37. The van der Waals surface area contributed by atoms with Gasteiger partial charge >= 0.3 is 0 Å². The smallest absolute Gasteiger partial charge is 0.295 e. The molecule has 2 aromatic rings. The van der Waals surface area contributed by atoms with E-state index in [2.05, 4.69) is 20.5 Å². The number of nitrogens with zero attached hydrogens (tertiary/aromatic N) is 3. The van der Waals surface area contributed by atoms with Crippen molar-refractivity contribution >= 4 is 17.3 Å². The maximum absolute atomic E-state index is 11.8. The van der Waals surface area contributed by atoms with Crippen LogP contribution in [0.4, 0.5) is 11.4 Å².